The Morgan fingerprint density at radius 1 is 1.12 bits per heavy atom. The van der Waals surface area contributed by atoms with Crippen LogP contribution >= 0.6 is 0 Å². The molecule has 2 rings (SSSR count). The molecule has 2 aromatic carbocycles. The maximum atomic E-state index is 12.0. The van der Waals surface area contributed by atoms with Gasteiger partial charge in [0.05, 0.1) is 19.4 Å². The zero-order valence-corrected chi connectivity index (χ0v) is 14.4. The van der Waals surface area contributed by atoms with Crippen molar-refractivity contribution in [3.63, 3.8) is 0 Å². The van der Waals surface area contributed by atoms with Gasteiger partial charge in [-0.25, -0.2) is 4.79 Å². The molecule has 0 radical (unpaired) electrons. The van der Waals surface area contributed by atoms with Gasteiger partial charge in [0.25, 0.3) is 0 Å². The van der Waals surface area contributed by atoms with E-state index in [1.807, 2.05) is 56.3 Å². The minimum atomic E-state index is -0.246. The quantitative estimate of drug-likeness (QED) is 0.813. The van der Waals surface area contributed by atoms with Crippen LogP contribution in [0.4, 0.5) is 10.5 Å². The van der Waals surface area contributed by atoms with E-state index in [1.54, 1.807) is 7.11 Å². The van der Waals surface area contributed by atoms with Crippen LogP contribution < -0.4 is 20.1 Å². The smallest absolute Gasteiger partial charge is 0.319 e. The molecule has 0 fully saturated rings. The Labute approximate surface area is 143 Å². The molecule has 0 atom stereocenters. The number of ether oxygens (including phenoxy) is 2. The molecule has 0 aliphatic rings. The van der Waals surface area contributed by atoms with E-state index in [2.05, 4.69) is 10.6 Å². The molecule has 24 heavy (non-hydrogen) atoms. The lowest BCUT2D eigenvalue weighted by atomic mass is 10.1. The molecule has 2 N–H and O–H groups in total. The van der Waals surface area contributed by atoms with Gasteiger partial charge in [-0.2, -0.15) is 0 Å². The van der Waals surface area contributed by atoms with Crippen LogP contribution in [0.3, 0.4) is 0 Å². The number of anilines is 1. The Morgan fingerprint density at radius 3 is 2.54 bits per heavy atom. The molecular formula is C19H24N2O3. The maximum Gasteiger partial charge on any atom is 0.319 e. The van der Waals surface area contributed by atoms with Crippen molar-refractivity contribution >= 4 is 11.7 Å². The summed E-state index contributed by atoms with van der Waals surface area (Å²) in [7, 11) is 1.58. The van der Waals surface area contributed by atoms with E-state index in [0.29, 0.717) is 24.6 Å². The first-order valence-electron chi connectivity index (χ1n) is 8.03. The first-order valence-corrected chi connectivity index (χ1v) is 8.03. The molecule has 0 aliphatic heterocycles. The minimum absolute atomic E-state index is 0.246. The van der Waals surface area contributed by atoms with Crippen molar-refractivity contribution < 1.29 is 14.3 Å². The number of rotatable bonds is 7. The predicted molar refractivity (Wildman–Crippen MR) is 96.1 cm³/mol. The molecule has 0 heterocycles. The summed E-state index contributed by atoms with van der Waals surface area (Å²) >= 11 is 0. The van der Waals surface area contributed by atoms with Gasteiger partial charge in [0.15, 0.2) is 0 Å². The number of nitrogens with one attached hydrogen (secondary N) is 2. The van der Waals surface area contributed by atoms with Gasteiger partial charge in [-0.05, 0) is 55.7 Å². The molecule has 0 unspecified atom stereocenters. The molecule has 0 aliphatic carbocycles. The van der Waals surface area contributed by atoms with E-state index in [0.717, 1.165) is 23.3 Å². The SMILES string of the molecule is CCOc1ccc(CCNC(=O)Nc2cc(C)ccc2OC)cc1. The summed E-state index contributed by atoms with van der Waals surface area (Å²) in [6, 6.07) is 13.3. The first kappa shape index (κ1) is 17.7. The number of methoxy groups -OCH3 is 1. The lowest BCUT2D eigenvalue weighted by Gasteiger charge is -2.12. The molecule has 2 amide bonds. The average Bonchev–Trinajstić information content (AvgIpc) is 2.57. The van der Waals surface area contributed by atoms with Crippen molar-refractivity contribution in [1.82, 2.24) is 5.32 Å². The highest BCUT2D eigenvalue weighted by molar-refractivity contribution is 5.91. The van der Waals surface area contributed by atoms with Gasteiger partial charge >= 0.3 is 6.03 Å². The standard InChI is InChI=1S/C19H24N2O3/c1-4-24-16-8-6-15(7-9-16)11-12-20-19(22)21-17-13-14(2)5-10-18(17)23-3/h5-10,13H,4,11-12H2,1-3H3,(H2,20,21,22). The molecule has 5 heteroatoms. The van der Waals surface area contributed by atoms with Gasteiger partial charge in [-0.1, -0.05) is 18.2 Å². The molecule has 128 valence electrons. The summed E-state index contributed by atoms with van der Waals surface area (Å²) in [6.45, 7) is 5.13. The van der Waals surface area contributed by atoms with Gasteiger partial charge in [0.2, 0.25) is 0 Å². The van der Waals surface area contributed by atoms with Crippen LogP contribution in [-0.2, 0) is 6.42 Å². The number of hydrogen-bond donors (Lipinski definition) is 2. The monoisotopic (exact) mass is 328 g/mol. The van der Waals surface area contributed by atoms with Crippen molar-refractivity contribution in [1.29, 1.82) is 0 Å². The van der Waals surface area contributed by atoms with Crippen LogP contribution in [0.2, 0.25) is 0 Å². The van der Waals surface area contributed by atoms with Crippen LogP contribution in [0, 0.1) is 6.92 Å². The third-order valence-corrected chi connectivity index (χ3v) is 3.54. The minimum Gasteiger partial charge on any atom is -0.495 e. The Bertz CT molecular complexity index is 669. The van der Waals surface area contributed by atoms with E-state index in [1.165, 1.54) is 0 Å². The van der Waals surface area contributed by atoms with Crippen molar-refractivity contribution in [2.24, 2.45) is 0 Å². The van der Waals surface area contributed by atoms with Gasteiger partial charge in [0.1, 0.15) is 11.5 Å². The van der Waals surface area contributed by atoms with E-state index >= 15 is 0 Å². The fourth-order valence-corrected chi connectivity index (χ4v) is 2.33. The summed E-state index contributed by atoms with van der Waals surface area (Å²) in [4.78, 5) is 12.0. The van der Waals surface area contributed by atoms with Gasteiger partial charge in [-0.15, -0.1) is 0 Å². The van der Waals surface area contributed by atoms with Crippen molar-refractivity contribution in [3.05, 3.63) is 53.6 Å². The van der Waals surface area contributed by atoms with E-state index in [4.69, 9.17) is 9.47 Å². The predicted octanol–water partition coefficient (Wildman–Crippen LogP) is 3.77. The number of urea groups is 1. The second-order valence-electron chi connectivity index (χ2n) is 5.41. The van der Waals surface area contributed by atoms with Gasteiger partial charge in [-0.3, -0.25) is 0 Å². The number of amides is 2. The third-order valence-electron chi connectivity index (χ3n) is 3.54. The highest BCUT2D eigenvalue weighted by atomic mass is 16.5. The molecule has 0 spiro atoms. The van der Waals surface area contributed by atoms with E-state index < -0.39 is 0 Å². The number of hydrogen-bond acceptors (Lipinski definition) is 3. The van der Waals surface area contributed by atoms with Crippen LogP contribution in [-0.4, -0.2) is 26.3 Å². The fraction of sp³-hybridized carbons (Fsp3) is 0.316. The van der Waals surface area contributed by atoms with Crippen molar-refractivity contribution in [2.45, 2.75) is 20.3 Å². The van der Waals surface area contributed by atoms with Crippen molar-refractivity contribution in [2.75, 3.05) is 25.6 Å². The first-order chi connectivity index (χ1) is 11.6. The second-order valence-corrected chi connectivity index (χ2v) is 5.41. The zero-order valence-electron chi connectivity index (χ0n) is 14.4. The summed E-state index contributed by atoms with van der Waals surface area (Å²) in [5.74, 6) is 1.50. The topological polar surface area (TPSA) is 59.6 Å². The fourth-order valence-electron chi connectivity index (χ4n) is 2.33. The highest BCUT2D eigenvalue weighted by Crippen LogP contribution is 2.24. The summed E-state index contributed by atoms with van der Waals surface area (Å²) < 4.78 is 10.7. The van der Waals surface area contributed by atoms with Crippen LogP contribution in [0.15, 0.2) is 42.5 Å². The van der Waals surface area contributed by atoms with Crippen LogP contribution in [0.5, 0.6) is 11.5 Å². The Hall–Kier alpha value is -2.69. The van der Waals surface area contributed by atoms with Gasteiger partial charge < -0.3 is 20.1 Å². The lowest BCUT2D eigenvalue weighted by Crippen LogP contribution is -2.30. The number of carbonyl (C=O) groups excluding carboxylic acids is 1. The highest BCUT2D eigenvalue weighted by Gasteiger charge is 2.07. The van der Waals surface area contributed by atoms with Crippen LogP contribution in [0.1, 0.15) is 18.1 Å². The number of aryl methyl sites for hydroxylation is 1. The lowest BCUT2D eigenvalue weighted by molar-refractivity contribution is 0.252. The Morgan fingerprint density at radius 2 is 1.88 bits per heavy atom. The summed E-state index contributed by atoms with van der Waals surface area (Å²) in [5.41, 5.74) is 2.86. The molecule has 0 bridgehead atoms. The van der Waals surface area contributed by atoms with E-state index in [9.17, 15) is 4.79 Å². The van der Waals surface area contributed by atoms with Gasteiger partial charge in [0, 0.05) is 6.54 Å². The molecule has 0 saturated carbocycles. The largest absolute Gasteiger partial charge is 0.495 e. The molecule has 2 aromatic rings. The van der Waals surface area contributed by atoms with E-state index in [-0.39, 0.29) is 6.03 Å². The Kier molecular flexibility index (Phi) is 6.49. The summed E-state index contributed by atoms with van der Waals surface area (Å²) in [5, 5.41) is 5.67. The van der Waals surface area contributed by atoms with Crippen molar-refractivity contribution in [3.8, 4) is 11.5 Å². The zero-order chi connectivity index (χ0) is 17.4. The third kappa shape index (κ3) is 5.19. The summed E-state index contributed by atoms with van der Waals surface area (Å²) in [6.07, 6.45) is 0.755. The molecule has 5 nitrogen and oxygen atoms in total. The number of carbonyl (C=O) groups is 1. The Balaban J connectivity index is 1.82. The van der Waals surface area contributed by atoms with Crippen LogP contribution in [0.25, 0.3) is 0 Å². The second kappa shape index (κ2) is 8.82. The average molecular weight is 328 g/mol. The normalized spacial score (nSPS) is 10.1. The maximum absolute atomic E-state index is 12.0. The molecule has 0 aromatic heterocycles. The molecular weight excluding hydrogens is 304 g/mol. The number of benzene rings is 2. The molecule has 0 saturated heterocycles.